The summed E-state index contributed by atoms with van der Waals surface area (Å²) in [4.78, 5) is 2.39. The van der Waals surface area contributed by atoms with Gasteiger partial charge in [-0.2, -0.15) is 0 Å². The molecule has 0 bridgehead atoms. The largest absolute Gasteiger partial charge is 0.372 e. The first-order chi connectivity index (χ1) is 9.63. The number of morpholine rings is 1. The van der Waals surface area contributed by atoms with Crippen molar-refractivity contribution in [1.29, 1.82) is 0 Å². The lowest BCUT2D eigenvalue weighted by atomic mass is 9.93. The molecule has 108 valence electrons. The van der Waals surface area contributed by atoms with Crippen LogP contribution in [-0.2, 0) is 14.2 Å². The molecular formula is C15H22BNO3. The van der Waals surface area contributed by atoms with E-state index in [9.17, 15) is 0 Å². The molecule has 0 aliphatic carbocycles. The van der Waals surface area contributed by atoms with Gasteiger partial charge >= 0.3 is 0 Å². The van der Waals surface area contributed by atoms with E-state index < -0.39 is 0 Å². The molecule has 2 saturated heterocycles. The number of anilines is 1. The van der Waals surface area contributed by atoms with Crippen molar-refractivity contribution in [2.45, 2.75) is 32.3 Å². The molecule has 2 aliphatic rings. The Hall–Kier alpha value is -1.04. The van der Waals surface area contributed by atoms with Crippen LogP contribution in [0.15, 0.2) is 18.2 Å². The summed E-state index contributed by atoms with van der Waals surface area (Å²) in [7, 11) is 2.10. The average Bonchev–Trinajstić information content (AvgIpc) is 2.91. The summed E-state index contributed by atoms with van der Waals surface area (Å²) in [6.07, 6.45) is 0.273. The number of hydrogen-bond acceptors (Lipinski definition) is 4. The molecule has 0 amide bonds. The van der Waals surface area contributed by atoms with Gasteiger partial charge in [0.25, 0.3) is 0 Å². The Morgan fingerprint density at radius 2 is 1.75 bits per heavy atom. The van der Waals surface area contributed by atoms with E-state index in [2.05, 4.69) is 44.8 Å². The van der Waals surface area contributed by atoms with Crippen LogP contribution in [0.25, 0.3) is 0 Å². The lowest BCUT2D eigenvalue weighted by Gasteiger charge is -2.38. The fourth-order valence-electron chi connectivity index (χ4n) is 3.06. The number of rotatable bonds is 2. The molecule has 5 heteroatoms. The SMILES string of the molecule is Bc1ccc(N2C[C@@H](C)O[C@@H](C)C2)c(C2OCCO2)c1. The van der Waals surface area contributed by atoms with Crippen LogP contribution in [0.1, 0.15) is 25.7 Å². The third-order valence-corrected chi connectivity index (χ3v) is 3.82. The second-order valence-corrected chi connectivity index (χ2v) is 5.80. The molecule has 1 aromatic carbocycles. The zero-order chi connectivity index (χ0) is 14.1. The number of benzene rings is 1. The minimum absolute atomic E-state index is 0.224. The molecule has 2 fully saturated rings. The predicted octanol–water partition coefficient (Wildman–Crippen LogP) is 0.604. The molecule has 1 aromatic rings. The summed E-state index contributed by atoms with van der Waals surface area (Å²) in [6, 6.07) is 6.51. The molecular weight excluding hydrogens is 253 g/mol. The number of hydrogen-bond donors (Lipinski definition) is 0. The highest BCUT2D eigenvalue weighted by atomic mass is 16.7. The topological polar surface area (TPSA) is 30.9 Å². The molecule has 0 spiro atoms. The molecule has 2 aliphatic heterocycles. The van der Waals surface area contributed by atoms with E-state index in [1.165, 1.54) is 11.2 Å². The predicted molar refractivity (Wildman–Crippen MR) is 81.5 cm³/mol. The van der Waals surface area contributed by atoms with Gasteiger partial charge in [0.1, 0.15) is 7.85 Å². The summed E-state index contributed by atoms with van der Waals surface area (Å²) < 4.78 is 17.2. The quantitative estimate of drug-likeness (QED) is 0.740. The first-order valence-electron chi connectivity index (χ1n) is 7.37. The Bertz CT molecular complexity index is 466. The molecule has 3 rings (SSSR count). The lowest BCUT2D eigenvalue weighted by Crippen LogP contribution is -2.46. The average molecular weight is 275 g/mol. The van der Waals surface area contributed by atoms with E-state index >= 15 is 0 Å². The normalized spacial score (nSPS) is 28.0. The van der Waals surface area contributed by atoms with Crippen molar-refractivity contribution >= 4 is 19.0 Å². The highest BCUT2D eigenvalue weighted by Crippen LogP contribution is 2.32. The Labute approximate surface area is 121 Å². The van der Waals surface area contributed by atoms with Gasteiger partial charge in [0.2, 0.25) is 0 Å². The molecule has 0 radical (unpaired) electrons. The maximum atomic E-state index is 5.82. The van der Waals surface area contributed by atoms with Crippen molar-refractivity contribution in [1.82, 2.24) is 0 Å². The van der Waals surface area contributed by atoms with E-state index in [-0.39, 0.29) is 18.5 Å². The van der Waals surface area contributed by atoms with Crippen molar-refractivity contribution in [3.63, 3.8) is 0 Å². The fraction of sp³-hybridized carbons (Fsp3) is 0.600. The molecule has 0 N–H and O–H groups in total. The minimum Gasteiger partial charge on any atom is -0.372 e. The van der Waals surface area contributed by atoms with Gasteiger partial charge in [-0.3, -0.25) is 0 Å². The van der Waals surface area contributed by atoms with Crippen LogP contribution < -0.4 is 10.4 Å². The molecule has 0 unspecified atom stereocenters. The van der Waals surface area contributed by atoms with Gasteiger partial charge in [0, 0.05) is 24.3 Å². The standard InChI is InChI=1S/C15H22BNO3/c1-10-8-17(9-11(2)20-10)14-4-3-12(16)7-13(14)15-18-5-6-19-15/h3-4,7,10-11,15H,5-6,8-9,16H2,1-2H3/t10-,11+. The second-order valence-electron chi connectivity index (χ2n) is 5.80. The minimum atomic E-state index is -0.224. The van der Waals surface area contributed by atoms with Crippen LogP contribution in [0.5, 0.6) is 0 Å². The van der Waals surface area contributed by atoms with Gasteiger partial charge < -0.3 is 19.1 Å². The zero-order valence-corrected chi connectivity index (χ0v) is 12.5. The highest BCUT2D eigenvalue weighted by molar-refractivity contribution is 6.32. The zero-order valence-electron chi connectivity index (χ0n) is 12.5. The Morgan fingerprint density at radius 1 is 1.10 bits per heavy atom. The Morgan fingerprint density at radius 3 is 2.40 bits per heavy atom. The van der Waals surface area contributed by atoms with Crippen LogP contribution in [0.3, 0.4) is 0 Å². The summed E-state index contributed by atoms with van der Waals surface area (Å²) in [5, 5.41) is 0. The van der Waals surface area contributed by atoms with Crippen LogP contribution in [-0.4, -0.2) is 46.4 Å². The van der Waals surface area contributed by atoms with Crippen LogP contribution in [0.4, 0.5) is 5.69 Å². The van der Waals surface area contributed by atoms with Gasteiger partial charge in [-0.15, -0.1) is 0 Å². The third-order valence-electron chi connectivity index (χ3n) is 3.82. The van der Waals surface area contributed by atoms with Gasteiger partial charge in [0.15, 0.2) is 6.29 Å². The lowest BCUT2D eigenvalue weighted by molar-refractivity contribution is -0.0443. The molecule has 2 atom stereocenters. The fourth-order valence-corrected chi connectivity index (χ4v) is 3.06. The van der Waals surface area contributed by atoms with Gasteiger partial charge in [-0.1, -0.05) is 17.6 Å². The monoisotopic (exact) mass is 275 g/mol. The van der Waals surface area contributed by atoms with Crippen LogP contribution in [0, 0.1) is 0 Å². The van der Waals surface area contributed by atoms with Crippen molar-refractivity contribution in [2.75, 3.05) is 31.2 Å². The Balaban J connectivity index is 1.91. The molecule has 0 aromatic heterocycles. The maximum Gasteiger partial charge on any atom is 0.185 e. The van der Waals surface area contributed by atoms with E-state index in [0.29, 0.717) is 13.2 Å². The first kappa shape index (κ1) is 13.9. The number of nitrogens with zero attached hydrogens (tertiary/aromatic N) is 1. The van der Waals surface area contributed by atoms with Crippen LogP contribution >= 0.6 is 0 Å². The first-order valence-corrected chi connectivity index (χ1v) is 7.37. The van der Waals surface area contributed by atoms with Crippen molar-refractivity contribution in [3.05, 3.63) is 23.8 Å². The van der Waals surface area contributed by atoms with E-state index in [4.69, 9.17) is 14.2 Å². The third kappa shape index (κ3) is 2.85. The summed E-state index contributed by atoms with van der Waals surface area (Å²) in [5.74, 6) is 0. The highest BCUT2D eigenvalue weighted by Gasteiger charge is 2.28. The molecule has 20 heavy (non-hydrogen) atoms. The van der Waals surface area contributed by atoms with E-state index in [1.807, 2.05) is 0 Å². The van der Waals surface area contributed by atoms with Crippen molar-refractivity contribution in [3.8, 4) is 0 Å². The van der Waals surface area contributed by atoms with Crippen molar-refractivity contribution in [2.24, 2.45) is 0 Å². The van der Waals surface area contributed by atoms with E-state index in [1.54, 1.807) is 0 Å². The summed E-state index contributed by atoms with van der Waals surface area (Å²) in [5.41, 5.74) is 3.59. The van der Waals surface area contributed by atoms with Crippen LogP contribution in [0.2, 0.25) is 0 Å². The van der Waals surface area contributed by atoms with Gasteiger partial charge in [-0.25, -0.2) is 0 Å². The van der Waals surface area contributed by atoms with Crippen molar-refractivity contribution < 1.29 is 14.2 Å². The Kier molecular flexibility index (Phi) is 4.01. The number of ether oxygens (including phenoxy) is 3. The summed E-state index contributed by atoms with van der Waals surface area (Å²) in [6.45, 7) is 7.42. The van der Waals surface area contributed by atoms with Gasteiger partial charge in [0.05, 0.1) is 25.4 Å². The van der Waals surface area contributed by atoms with E-state index in [0.717, 1.165) is 18.7 Å². The van der Waals surface area contributed by atoms with Gasteiger partial charge in [-0.05, 0) is 19.9 Å². The second kappa shape index (κ2) is 5.76. The molecule has 2 heterocycles. The molecule has 4 nitrogen and oxygen atoms in total. The molecule has 0 saturated carbocycles. The smallest absolute Gasteiger partial charge is 0.185 e. The maximum absolute atomic E-state index is 5.82. The summed E-state index contributed by atoms with van der Waals surface area (Å²) >= 11 is 0.